The molecule has 3 rings (SSSR count). The van der Waals surface area contributed by atoms with Gasteiger partial charge in [-0.1, -0.05) is 24.0 Å². The molecule has 0 aliphatic carbocycles. The van der Waals surface area contributed by atoms with Gasteiger partial charge in [-0.2, -0.15) is 0 Å². The lowest BCUT2D eigenvalue weighted by Gasteiger charge is -2.19. The Kier molecular flexibility index (Phi) is 10.0. The Morgan fingerprint density at radius 2 is 1.69 bits per heavy atom. The van der Waals surface area contributed by atoms with E-state index in [4.69, 9.17) is 5.21 Å². The van der Waals surface area contributed by atoms with Crippen LogP contribution < -0.4 is 16.1 Å². The van der Waals surface area contributed by atoms with Gasteiger partial charge in [0.2, 0.25) is 5.91 Å². The van der Waals surface area contributed by atoms with Crippen molar-refractivity contribution in [1.29, 1.82) is 0 Å². The van der Waals surface area contributed by atoms with E-state index in [1.54, 1.807) is 24.3 Å². The SMILES string of the molecule is C[C@@H](O)[C@H](NC(=O)c1ccc(C#Cc2ccc(CNCCCN3CCCC3=O)cc2)cc1)C(=O)NO. The van der Waals surface area contributed by atoms with Crippen molar-refractivity contribution >= 4 is 17.7 Å². The molecule has 190 valence electrons. The predicted molar refractivity (Wildman–Crippen MR) is 134 cm³/mol. The van der Waals surface area contributed by atoms with Crippen molar-refractivity contribution in [2.75, 3.05) is 19.6 Å². The number of amides is 3. The number of carbonyl (C=O) groups is 3. The predicted octanol–water partition coefficient (Wildman–Crippen LogP) is 1.17. The number of likely N-dealkylation sites (tertiary alicyclic amines) is 1. The molecule has 1 aliphatic rings. The largest absolute Gasteiger partial charge is 0.391 e. The lowest BCUT2D eigenvalue weighted by molar-refractivity contribution is -0.133. The first-order valence-electron chi connectivity index (χ1n) is 12.0. The molecule has 3 amide bonds. The van der Waals surface area contributed by atoms with Gasteiger partial charge in [0.05, 0.1) is 6.10 Å². The minimum Gasteiger partial charge on any atom is -0.391 e. The topological polar surface area (TPSA) is 131 Å². The summed E-state index contributed by atoms with van der Waals surface area (Å²) in [5, 5.41) is 24.2. The first-order valence-corrected chi connectivity index (χ1v) is 12.0. The fourth-order valence-electron chi connectivity index (χ4n) is 3.82. The van der Waals surface area contributed by atoms with E-state index in [9.17, 15) is 19.5 Å². The fraction of sp³-hybridized carbons (Fsp3) is 0.370. The van der Waals surface area contributed by atoms with Crippen LogP contribution in [0.4, 0.5) is 0 Å². The molecule has 0 bridgehead atoms. The molecule has 1 aliphatic heterocycles. The number of hydroxylamine groups is 1. The van der Waals surface area contributed by atoms with Gasteiger partial charge in [0.15, 0.2) is 0 Å². The van der Waals surface area contributed by atoms with Crippen molar-refractivity contribution < 1.29 is 24.7 Å². The third-order valence-corrected chi connectivity index (χ3v) is 5.90. The zero-order valence-corrected chi connectivity index (χ0v) is 20.3. The van der Waals surface area contributed by atoms with Crippen LogP contribution in [0.15, 0.2) is 48.5 Å². The normalized spacial score (nSPS) is 14.5. The average Bonchev–Trinajstić information content (AvgIpc) is 3.30. The quantitative estimate of drug-likeness (QED) is 0.147. The molecule has 9 nitrogen and oxygen atoms in total. The summed E-state index contributed by atoms with van der Waals surface area (Å²) in [6, 6.07) is 13.2. The Hall–Kier alpha value is -3.71. The monoisotopic (exact) mass is 492 g/mol. The number of benzene rings is 2. The molecule has 2 aromatic carbocycles. The van der Waals surface area contributed by atoms with E-state index >= 15 is 0 Å². The Bertz CT molecular complexity index is 1100. The fourth-order valence-corrected chi connectivity index (χ4v) is 3.82. The van der Waals surface area contributed by atoms with Crippen molar-refractivity contribution in [3.05, 3.63) is 70.8 Å². The van der Waals surface area contributed by atoms with Gasteiger partial charge in [0.1, 0.15) is 6.04 Å². The summed E-state index contributed by atoms with van der Waals surface area (Å²) in [6.45, 7) is 4.64. The molecule has 0 aromatic heterocycles. The molecule has 2 atom stereocenters. The lowest BCUT2D eigenvalue weighted by atomic mass is 10.1. The van der Waals surface area contributed by atoms with Crippen LogP contribution in [0.3, 0.4) is 0 Å². The van der Waals surface area contributed by atoms with E-state index in [0.29, 0.717) is 17.5 Å². The summed E-state index contributed by atoms with van der Waals surface area (Å²) in [4.78, 5) is 37.5. The van der Waals surface area contributed by atoms with Crippen molar-refractivity contribution in [3.63, 3.8) is 0 Å². The number of hydrogen-bond acceptors (Lipinski definition) is 6. The number of aliphatic hydroxyl groups is 1. The van der Waals surface area contributed by atoms with E-state index in [1.165, 1.54) is 12.4 Å². The molecule has 1 heterocycles. The van der Waals surface area contributed by atoms with E-state index in [-0.39, 0.29) is 5.91 Å². The van der Waals surface area contributed by atoms with Crippen LogP contribution in [0, 0.1) is 11.8 Å². The highest BCUT2D eigenvalue weighted by Crippen LogP contribution is 2.10. The standard InChI is InChI=1S/C27H32N4O5/c1-19(32)25(27(35)30-36)29-26(34)23-13-11-21(12-14-23)6-5-20-7-9-22(10-8-20)18-28-15-3-17-31-16-2-4-24(31)33/h7-14,19,25,28,32,36H,2-4,15-18H2,1H3,(H,29,34)(H,30,35)/t19-,25+/m1/s1. The van der Waals surface area contributed by atoms with Gasteiger partial charge >= 0.3 is 0 Å². The molecule has 1 saturated heterocycles. The molecule has 9 heteroatoms. The number of hydrogen-bond donors (Lipinski definition) is 5. The third-order valence-electron chi connectivity index (χ3n) is 5.90. The maximum Gasteiger partial charge on any atom is 0.268 e. The maximum atomic E-state index is 12.3. The Morgan fingerprint density at radius 1 is 1.06 bits per heavy atom. The molecule has 0 saturated carbocycles. The van der Waals surface area contributed by atoms with Crippen LogP contribution in [-0.4, -0.2) is 64.7 Å². The summed E-state index contributed by atoms with van der Waals surface area (Å²) in [7, 11) is 0. The lowest BCUT2D eigenvalue weighted by Crippen LogP contribution is -2.51. The van der Waals surface area contributed by atoms with Gasteiger partial charge in [-0.15, -0.1) is 0 Å². The maximum absolute atomic E-state index is 12.3. The second kappa shape index (κ2) is 13.4. The van der Waals surface area contributed by atoms with E-state index in [1.807, 2.05) is 29.2 Å². The van der Waals surface area contributed by atoms with Crippen LogP contribution in [0.2, 0.25) is 0 Å². The van der Waals surface area contributed by atoms with Gasteiger partial charge in [-0.05, 0) is 68.3 Å². The van der Waals surface area contributed by atoms with Gasteiger partial charge in [-0.3, -0.25) is 19.6 Å². The molecular formula is C27H32N4O5. The highest BCUT2D eigenvalue weighted by molar-refractivity contribution is 5.97. The van der Waals surface area contributed by atoms with Crippen LogP contribution in [0.25, 0.3) is 0 Å². The van der Waals surface area contributed by atoms with E-state index in [2.05, 4.69) is 22.5 Å². The van der Waals surface area contributed by atoms with Crippen molar-refractivity contribution in [2.24, 2.45) is 0 Å². The molecular weight excluding hydrogens is 460 g/mol. The van der Waals surface area contributed by atoms with Crippen molar-refractivity contribution in [3.8, 4) is 11.8 Å². The van der Waals surface area contributed by atoms with Crippen molar-refractivity contribution in [2.45, 2.75) is 44.9 Å². The smallest absolute Gasteiger partial charge is 0.268 e. The number of aliphatic hydroxyl groups excluding tert-OH is 1. The zero-order chi connectivity index (χ0) is 25.9. The minimum absolute atomic E-state index is 0.267. The number of nitrogens with zero attached hydrogens (tertiary/aromatic N) is 1. The number of rotatable bonds is 10. The van der Waals surface area contributed by atoms with Crippen LogP contribution in [0.1, 0.15) is 53.2 Å². The first kappa shape index (κ1) is 26.9. The molecule has 0 unspecified atom stereocenters. The molecule has 36 heavy (non-hydrogen) atoms. The first-order chi connectivity index (χ1) is 17.4. The average molecular weight is 493 g/mol. The zero-order valence-electron chi connectivity index (χ0n) is 20.3. The van der Waals surface area contributed by atoms with Crippen LogP contribution in [0.5, 0.6) is 0 Å². The molecule has 0 spiro atoms. The second-order valence-electron chi connectivity index (χ2n) is 8.71. The number of nitrogens with one attached hydrogen (secondary N) is 3. The van der Waals surface area contributed by atoms with E-state index in [0.717, 1.165) is 50.1 Å². The summed E-state index contributed by atoms with van der Waals surface area (Å²) in [5.41, 5.74) is 4.45. The van der Waals surface area contributed by atoms with Crippen molar-refractivity contribution in [1.82, 2.24) is 21.0 Å². The summed E-state index contributed by atoms with van der Waals surface area (Å²) in [5.74, 6) is 4.96. The minimum atomic E-state index is -1.28. The third kappa shape index (κ3) is 7.92. The van der Waals surface area contributed by atoms with Gasteiger partial charge < -0.3 is 20.6 Å². The number of carbonyl (C=O) groups excluding carboxylic acids is 3. The highest BCUT2D eigenvalue weighted by Gasteiger charge is 2.25. The van der Waals surface area contributed by atoms with Gasteiger partial charge in [-0.25, -0.2) is 5.48 Å². The Balaban J connectivity index is 1.46. The summed E-state index contributed by atoms with van der Waals surface area (Å²) in [6.07, 6.45) is 1.42. The molecule has 0 radical (unpaired) electrons. The molecule has 1 fully saturated rings. The Morgan fingerprint density at radius 3 is 2.25 bits per heavy atom. The van der Waals surface area contributed by atoms with Gasteiger partial charge in [0, 0.05) is 42.7 Å². The highest BCUT2D eigenvalue weighted by atomic mass is 16.5. The Labute approximate surface area is 210 Å². The van der Waals surface area contributed by atoms with Crippen LogP contribution in [-0.2, 0) is 16.1 Å². The summed E-state index contributed by atoms with van der Waals surface area (Å²) >= 11 is 0. The summed E-state index contributed by atoms with van der Waals surface area (Å²) < 4.78 is 0. The molecule has 2 aromatic rings. The van der Waals surface area contributed by atoms with Gasteiger partial charge in [0.25, 0.3) is 11.8 Å². The van der Waals surface area contributed by atoms with Crippen LogP contribution >= 0.6 is 0 Å². The second-order valence-corrected chi connectivity index (χ2v) is 8.71. The van der Waals surface area contributed by atoms with E-state index < -0.39 is 24.0 Å². The molecule has 5 N–H and O–H groups in total.